The Hall–Kier alpha value is -0.240. The van der Waals surface area contributed by atoms with Gasteiger partial charge in [-0.1, -0.05) is 27.3 Å². The summed E-state index contributed by atoms with van der Waals surface area (Å²) in [6, 6.07) is 5.66. The summed E-state index contributed by atoms with van der Waals surface area (Å²) in [5.41, 5.74) is 0.865. The molecule has 2 rings (SSSR count). The van der Waals surface area contributed by atoms with Gasteiger partial charge in [-0.25, -0.2) is 8.42 Å². The molecular formula is C13H16BrNO6S4. The Bertz CT molecular complexity index is 970. The first-order valence-corrected chi connectivity index (χ1v) is 12.8. The van der Waals surface area contributed by atoms with Crippen molar-refractivity contribution in [2.75, 3.05) is 11.5 Å². The van der Waals surface area contributed by atoms with E-state index >= 15 is 0 Å². The van der Waals surface area contributed by atoms with Crippen LogP contribution < -0.4 is 4.57 Å². The first kappa shape index (κ1) is 21.1. The van der Waals surface area contributed by atoms with Gasteiger partial charge in [-0.2, -0.15) is 13.0 Å². The fourth-order valence-electron chi connectivity index (χ4n) is 2.03. The van der Waals surface area contributed by atoms with Crippen LogP contribution in [0.5, 0.6) is 0 Å². The first-order chi connectivity index (χ1) is 11.5. The molecule has 7 nitrogen and oxygen atoms in total. The maximum absolute atomic E-state index is 11.2. The second-order valence-electron chi connectivity index (χ2n) is 5.38. The number of fused-ring (bicyclic) bond motifs is 1. The van der Waals surface area contributed by atoms with Gasteiger partial charge < -0.3 is 4.55 Å². The van der Waals surface area contributed by atoms with Gasteiger partial charge in [0.15, 0.2) is 6.54 Å². The number of aryl methyl sites for hydroxylation is 1. The van der Waals surface area contributed by atoms with E-state index in [0.29, 0.717) is 6.54 Å². The molecule has 0 spiro atoms. The first-order valence-electron chi connectivity index (χ1n) is 7.12. The minimum atomic E-state index is -4.29. The zero-order valence-electron chi connectivity index (χ0n) is 13.1. The van der Waals surface area contributed by atoms with Crippen LogP contribution in [0.1, 0.15) is 13.3 Å². The van der Waals surface area contributed by atoms with Crippen molar-refractivity contribution in [2.45, 2.75) is 29.5 Å². The number of hydrogen-bond acceptors (Lipinski definition) is 7. The number of thioether (sulfide) groups is 1. The summed E-state index contributed by atoms with van der Waals surface area (Å²) in [6.45, 7) is 1.74. The van der Waals surface area contributed by atoms with Gasteiger partial charge in [0.25, 0.3) is 14.5 Å². The van der Waals surface area contributed by atoms with Gasteiger partial charge in [0.05, 0.1) is 15.4 Å². The summed E-state index contributed by atoms with van der Waals surface area (Å²) in [7, 11) is -8.40. The molecule has 1 aromatic carbocycles. The molecule has 0 aliphatic heterocycles. The highest BCUT2D eigenvalue weighted by molar-refractivity contribution is 9.10. The van der Waals surface area contributed by atoms with E-state index in [4.69, 9.17) is 4.55 Å². The molecule has 25 heavy (non-hydrogen) atoms. The normalized spacial score (nSPS) is 14.1. The number of halogens is 1. The number of rotatable bonds is 8. The molecule has 0 radical (unpaired) electrons. The quantitative estimate of drug-likeness (QED) is 0.343. The Morgan fingerprint density at radius 2 is 2.04 bits per heavy atom. The second-order valence-corrected chi connectivity index (χ2v) is 12.0. The van der Waals surface area contributed by atoms with E-state index in [0.717, 1.165) is 19.0 Å². The van der Waals surface area contributed by atoms with Crippen molar-refractivity contribution >= 4 is 69.5 Å². The molecular weight excluding hydrogens is 474 g/mol. The predicted molar refractivity (Wildman–Crippen MR) is 101 cm³/mol. The lowest BCUT2D eigenvalue weighted by Gasteiger charge is -2.06. The average molecular weight is 490 g/mol. The molecule has 0 amide bonds. The van der Waals surface area contributed by atoms with E-state index in [1.54, 1.807) is 0 Å². The molecule has 1 atom stereocenters. The van der Waals surface area contributed by atoms with Crippen LogP contribution in [0.2, 0.25) is 0 Å². The molecule has 1 unspecified atom stereocenters. The van der Waals surface area contributed by atoms with Gasteiger partial charge in [0.2, 0.25) is 5.52 Å². The lowest BCUT2D eigenvalue weighted by Crippen LogP contribution is -2.35. The van der Waals surface area contributed by atoms with E-state index in [-0.39, 0.29) is 12.2 Å². The molecule has 12 heteroatoms. The Labute approximate surface area is 163 Å². The summed E-state index contributed by atoms with van der Waals surface area (Å²) in [5.74, 6) is -0.302. The van der Waals surface area contributed by atoms with E-state index in [2.05, 4.69) is 15.9 Å². The largest absolute Gasteiger partial charge is 0.748 e. The van der Waals surface area contributed by atoms with Crippen LogP contribution in [0, 0.1) is 0 Å². The Morgan fingerprint density at radius 1 is 1.36 bits per heavy atom. The average Bonchev–Trinajstić information content (AvgIpc) is 2.80. The van der Waals surface area contributed by atoms with Crippen molar-refractivity contribution in [1.82, 2.24) is 0 Å². The molecule has 0 fully saturated rings. The lowest BCUT2D eigenvalue weighted by atomic mass is 10.3. The van der Waals surface area contributed by atoms with Crippen LogP contribution >= 0.6 is 39.0 Å². The van der Waals surface area contributed by atoms with E-state index in [1.165, 1.54) is 30.0 Å². The topological polar surface area (TPSA) is 115 Å². The van der Waals surface area contributed by atoms with Crippen molar-refractivity contribution in [1.29, 1.82) is 0 Å². The summed E-state index contributed by atoms with van der Waals surface area (Å²) >= 11 is 6.11. The number of benzene rings is 1. The minimum absolute atomic E-state index is 0.159. The van der Waals surface area contributed by atoms with Gasteiger partial charge in [-0.3, -0.25) is 4.55 Å². The van der Waals surface area contributed by atoms with E-state index < -0.39 is 31.2 Å². The second kappa shape index (κ2) is 8.19. The molecule has 2 aromatic rings. The molecule has 1 N–H and O–H groups in total. The van der Waals surface area contributed by atoms with Gasteiger partial charge in [-0.05, 0) is 30.8 Å². The van der Waals surface area contributed by atoms with E-state index in [1.807, 2.05) is 22.8 Å². The van der Waals surface area contributed by atoms with Crippen LogP contribution in [-0.4, -0.2) is 42.7 Å². The van der Waals surface area contributed by atoms with Crippen LogP contribution in [0.3, 0.4) is 0 Å². The van der Waals surface area contributed by atoms with Crippen LogP contribution in [0.4, 0.5) is 0 Å². The number of nitrogens with zero attached hydrogens (tertiary/aromatic N) is 1. The standard InChI is InChI=1S/C13H16BrNO6S4/c1-9(25(19,20)21)8-22-13-15(5-2-6-24(16,17)18)11-7-10(14)3-4-12(11)23-13/h3-4,7,9H,2,5-6,8H2,1H3,(H-,16,17,18,19,20,21). The molecule has 1 heterocycles. The minimum Gasteiger partial charge on any atom is -0.748 e. The smallest absolute Gasteiger partial charge is 0.298 e. The third kappa shape index (κ3) is 6.15. The molecule has 0 saturated carbocycles. The van der Waals surface area contributed by atoms with Crippen molar-refractivity contribution in [3.63, 3.8) is 0 Å². The van der Waals surface area contributed by atoms with Gasteiger partial charge >= 0.3 is 0 Å². The van der Waals surface area contributed by atoms with Crippen molar-refractivity contribution in [3.8, 4) is 0 Å². The third-order valence-electron chi connectivity index (χ3n) is 3.36. The summed E-state index contributed by atoms with van der Waals surface area (Å²) in [5, 5.41) is -0.926. The van der Waals surface area contributed by atoms with Crippen LogP contribution in [-0.2, 0) is 26.8 Å². The van der Waals surface area contributed by atoms with Gasteiger partial charge in [0.1, 0.15) is 4.70 Å². The van der Waals surface area contributed by atoms with Crippen LogP contribution in [0.25, 0.3) is 10.2 Å². The van der Waals surface area contributed by atoms with Crippen molar-refractivity contribution < 1.29 is 30.5 Å². The molecule has 1 aromatic heterocycles. The summed E-state index contributed by atoms with van der Waals surface area (Å²) in [4.78, 5) is 0. The SMILES string of the molecule is CC(CSc1sc2ccc(Br)cc2[n+]1CCCS(=O)(=O)[O-])S(=O)(=O)O. The van der Waals surface area contributed by atoms with Crippen molar-refractivity contribution in [3.05, 3.63) is 22.7 Å². The molecule has 140 valence electrons. The molecule has 0 aliphatic carbocycles. The number of aromatic nitrogens is 1. The van der Waals surface area contributed by atoms with Gasteiger partial charge in [-0.15, -0.1) is 0 Å². The summed E-state index contributed by atoms with van der Waals surface area (Å²) in [6.07, 6.45) is 0.163. The van der Waals surface area contributed by atoms with Crippen LogP contribution in [0.15, 0.2) is 27.0 Å². The molecule has 0 aliphatic rings. The lowest BCUT2D eigenvalue weighted by molar-refractivity contribution is -0.701. The monoisotopic (exact) mass is 489 g/mol. The number of thiazole rings is 1. The fourth-order valence-corrected chi connectivity index (χ4v) is 6.08. The zero-order chi connectivity index (χ0) is 18.8. The Kier molecular flexibility index (Phi) is 6.90. The highest BCUT2D eigenvalue weighted by Gasteiger charge is 2.25. The highest BCUT2D eigenvalue weighted by atomic mass is 79.9. The third-order valence-corrected chi connectivity index (χ3v) is 8.73. The maximum Gasteiger partial charge on any atom is 0.298 e. The van der Waals surface area contributed by atoms with Crippen molar-refractivity contribution in [2.24, 2.45) is 0 Å². The fraction of sp³-hybridized carbons (Fsp3) is 0.462. The highest BCUT2D eigenvalue weighted by Crippen LogP contribution is 2.30. The number of hydrogen-bond donors (Lipinski definition) is 1. The maximum atomic E-state index is 11.2. The van der Waals surface area contributed by atoms with Gasteiger partial charge in [0, 0.05) is 28.5 Å². The summed E-state index contributed by atoms with van der Waals surface area (Å²) < 4.78 is 68.3. The Balaban J connectivity index is 2.29. The zero-order valence-corrected chi connectivity index (χ0v) is 17.9. The molecule has 0 saturated heterocycles. The molecule has 0 bridgehead atoms. The van der Waals surface area contributed by atoms with E-state index in [9.17, 15) is 21.4 Å². The Morgan fingerprint density at radius 3 is 2.64 bits per heavy atom. The predicted octanol–water partition coefficient (Wildman–Crippen LogP) is 2.26.